The summed E-state index contributed by atoms with van der Waals surface area (Å²) in [7, 11) is 0. The van der Waals surface area contributed by atoms with Gasteiger partial charge in [-0.25, -0.2) is 0 Å². The quantitative estimate of drug-likeness (QED) is 0.773. The molecular weight excluding hydrogens is 180 g/mol. The normalized spacial score (nSPS) is 15.3. The molecule has 0 saturated heterocycles. The summed E-state index contributed by atoms with van der Waals surface area (Å²) in [5, 5.41) is 0. The van der Waals surface area contributed by atoms with Crippen molar-refractivity contribution in [3.05, 3.63) is 48.3 Å². The molecule has 4 heteroatoms. The molecule has 2 aromatic rings. The smallest absolute Gasteiger partial charge is 0.0951 e. The van der Waals surface area contributed by atoms with Crippen LogP contribution in [-0.2, 0) is 0 Å². The second-order valence-corrected chi connectivity index (χ2v) is 3.16. The van der Waals surface area contributed by atoms with Gasteiger partial charge in [-0.1, -0.05) is 0 Å². The molecule has 0 fully saturated rings. The van der Waals surface area contributed by atoms with Crippen LogP contribution in [0.2, 0.25) is 0 Å². The lowest BCUT2D eigenvalue weighted by atomic mass is 9.99. The second-order valence-electron chi connectivity index (χ2n) is 3.16. The van der Waals surface area contributed by atoms with E-state index >= 15 is 0 Å². The molecule has 0 aromatic carbocycles. The highest BCUT2D eigenvalue weighted by molar-refractivity contribution is 5.21. The molecule has 0 amide bonds. The van der Waals surface area contributed by atoms with Gasteiger partial charge in [0.25, 0.3) is 0 Å². The van der Waals surface area contributed by atoms with Gasteiger partial charge in [-0.2, -0.15) is 0 Å². The summed E-state index contributed by atoms with van der Waals surface area (Å²) >= 11 is 0. The largest absolute Gasteiger partial charge is 0.472 e. The van der Waals surface area contributed by atoms with Crippen molar-refractivity contribution in [2.24, 2.45) is 11.5 Å². The Morgan fingerprint density at radius 1 is 0.857 bits per heavy atom. The summed E-state index contributed by atoms with van der Waals surface area (Å²) in [6.45, 7) is 0. The van der Waals surface area contributed by atoms with Crippen LogP contribution in [0, 0.1) is 0 Å². The SMILES string of the molecule is NC(c1ccoc1)C(N)c1ccoc1. The molecule has 0 aliphatic carbocycles. The van der Waals surface area contributed by atoms with Gasteiger partial charge in [0.05, 0.1) is 37.1 Å². The number of hydrogen-bond donors (Lipinski definition) is 2. The van der Waals surface area contributed by atoms with Gasteiger partial charge in [-0.3, -0.25) is 0 Å². The summed E-state index contributed by atoms with van der Waals surface area (Å²) in [5.41, 5.74) is 13.7. The van der Waals surface area contributed by atoms with Crippen molar-refractivity contribution in [3.63, 3.8) is 0 Å². The predicted octanol–water partition coefficient (Wildman–Crippen LogP) is 1.57. The average molecular weight is 192 g/mol. The van der Waals surface area contributed by atoms with Gasteiger partial charge in [0, 0.05) is 11.1 Å². The number of furan rings is 2. The third-order valence-corrected chi connectivity index (χ3v) is 2.24. The number of nitrogens with two attached hydrogens (primary N) is 2. The Kier molecular flexibility index (Phi) is 2.39. The molecule has 0 bridgehead atoms. The fourth-order valence-corrected chi connectivity index (χ4v) is 1.34. The van der Waals surface area contributed by atoms with Gasteiger partial charge in [-0.05, 0) is 12.1 Å². The Morgan fingerprint density at radius 3 is 1.57 bits per heavy atom. The van der Waals surface area contributed by atoms with E-state index in [0.717, 1.165) is 11.1 Å². The molecule has 2 atom stereocenters. The maximum Gasteiger partial charge on any atom is 0.0951 e. The Labute approximate surface area is 81.5 Å². The average Bonchev–Trinajstić information content (AvgIpc) is 2.87. The van der Waals surface area contributed by atoms with Crippen LogP contribution in [0.3, 0.4) is 0 Å². The fourth-order valence-electron chi connectivity index (χ4n) is 1.34. The molecule has 4 N–H and O–H groups in total. The van der Waals surface area contributed by atoms with Gasteiger partial charge in [0.2, 0.25) is 0 Å². The monoisotopic (exact) mass is 192 g/mol. The zero-order valence-corrected chi connectivity index (χ0v) is 7.59. The molecule has 0 saturated carbocycles. The predicted molar refractivity (Wildman–Crippen MR) is 51.3 cm³/mol. The molecule has 0 radical (unpaired) electrons. The van der Waals surface area contributed by atoms with Crippen LogP contribution in [-0.4, -0.2) is 0 Å². The summed E-state index contributed by atoms with van der Waals surface area (Å²) in [4.78, 5) is 0. The van der Waals surface area contributed by atoms with E-state index in [-0.39, 0.29) is 12.1 Å². The van der Waals surface area contributed by atoms with E-state index in [4.69, 9.17) is 20.3 Å². The summed E-state index contributed by atoms with van der Waals surface area (Å²) in [6, 6.07) is 3.08. The zero-order chi connectivity index (χ0) is 9.97. The molecule has 14 heavy (non-hydrogen) atoms. The molecule has 74 valence electrons. The molecule has 4 nitrogen and oxygen atoms in total. The summed E-state index contributed by atoms with van der Waals surface area (Å²) in [6.07, 6.45) is 6.36. The third kappa shape index (κ3) is 1.57. The minimum Gasteiger partial charge on any atom is -0.472 e. The van der Waals surface area contributed by atoms with Gasteiger partial charge in [-0.15, -0.1) is 0 Å². The van der Waals surface area contributed by atoms with Crippen LogP contribution >= 0.6 is 0 Å². The Bertz CT molecular complexity index is 328. The first-order chi connectivity index (χ1) is 6.79. The number of hydrogen-bond acceptors (Lipinski definition) is 4. The first-order valence-corrected chi connectivity index (χ1v) is 4.34. The Balaban J connectivity index is 2.16. The zero-order valence-electron chi connectivity index (χ0n) is 7.59. The molecule has 2 heterocycles. The molecular formula is C10H12N2O2. The molecule has 0 spiro atoms. The van der Waals surface area contributed by atoms with Crippen LogP contribution in [0.25, 0.3) is 0 Å². The van der Waals surface area contributed by atoms with E-state index in [9.17, 15) is 0 Å². The van der Waals surface area contributed by atoms with Crippen molar-refractivity contribution in [3.8, 4) is 0 Å². The molecule has 2 aromatic heterocycles. The van der Waals surface area contributed by atoms with E-state index < -0.39 is 0 Å². The molecule has 2 unspecified atom stereocenters. The minimum atomic E-state index is -0.272. The highest BCUT2D eigenvalue weighted by Gasteiger charge is 2.18. The topological polar surface area (TPSA) is 78.3 Å². The van der Waals surface area contributed by atoms with Crippen LogP contribution in [0.5, 0.6) is 0 Å². The van der Waals surface area contributed by atoms with Crippen LogP contribution < -0.4 is 11.5 Å². The highest BCUT2D eigenvalue weighted by Crippen LogP contribution is 2.24. The van der Waals surface area contributed by atoms with E-state index in [1.165, 1.54) is 0 Å². The minimum absolute atomic E-state index is 0.272. The Hall–Kier alpha value is -1.52. The summed E-state index contributed by atoms with van der Waals surface area (Å²) in [5.74, 6) is 0. The maximum absolute atomic E-state index is 5.95. The number of rotatable bonds is 3. The van der Waals surface area contributed by atoms with Crippen molar-refractivity contribution in [1.29, 1.82) is 0 Å². The highest BCUT2D eigenvalue weighted by atomic mass is 16.3. The van der Waals surface area contributed by atoms with Crippen molar-refractivity contribution < 1.29 is 8.83 Å². The van der Waals surface area contributed by atoms with E-state index in [2.05, 4.69) is 0 Å². The Morgan fingerprint density at radius 2 is 1.29 bits per heavy atom. The lowest BCUT2D eigenvalue weighted by Crippen LogP contribution is -2.25. The van der Waals surface area contributed by atoms with Crippen LogP contribution in [0.1, 0.15) is 23.2 Å². The van der Waals surface area contributed by atoms with E-state index in [0.29, 0.717) is 0 Å². The van der Waals surface area contributed by atoms with E-state index in [1.54, 1.807) is 25.1 Å². The van der Waals surface area contributed by atoms with Gasteiger partial charge in [0.1, 0.15) is 0 Å². The van der Waals surface area contributed by atoms with Crippen molar-refractivity contribution in [2.45, 2.75) is 12.1 Å². The summed E-state index contributed by atoms with van der Waals surface area (Å²) < 4.78 is 9.89. The molecule has 0 aliphatic heterocycles. The van der Waals surface area contributed by atoms with Crippen molar-refractivity contribution in [1.82, 2.24) is 0 Å². The fraction of sp³-hybridized carbons (Fsp3) is 0.200. The van der Waals surface area contributed by atoms with Crippen LogP contribution in [0.15, 0.2) is 46.0 Å². The standard InChI is InChI=1S/C10H12N2O2/c11-9(7-1-3-13-5-7)10(12)8-2-4-14-6-8/h1-6,9-10H,11-12H2. The molecule has 2 rings (SSSR count). The van der Waals surface area contributed by atoms with Crippen LogP contribution in [0.4, 0.5) is 0 Å². The van der Waals surface area contributed by atoms with Crippen molar-refractivity contribution >= 4 is 0 Å². The lowest BCUT2D eigenvalue weighted by Gasteiger charge is -2.16. The molecule has 0 aliphatic rings. The maximum atomic E-state index is 5.95. The lowest BCUT2D eigenvalue weighted by molar-refractivity contribution is 0.525. The van der Waals surface area contributed by atoms with Gasteiger partial charge < -0.3 is 20.3 Å². The van der Waals surface area contributed by atoms with Gasteiger partial charge in [0.15, 0.2) is 0 Å². The first kappa shape index (κ1) is 9.05. The van der Waals surface area contributed by atoms with Crippen molar-refractivity contribution in [2.75, 3.05) is 0 Å². The van der Waals surface area contributed by atoms with E-state index in [1.807, 2.05) is 12.1 Å². The second kappa shape index (κ2) is 3.69. The first-order valence-electron chi connectivity index (χ1n) is 4.34. The third-order valence-electron chi connectivity index (χ3n) is 2.24. The van der Waals surface area contributed by atoms with Gasteiger partial charge >= 0.3 is 0 Å².